The van der Waals surface area contributed by atoms with Crippen LogP contribution in [0.15, 0.2) is 36.7 Å². The summed E-state index contributed by atoms with van der Waals surface area (Å²) < 4.78 is 7.45. The molecule has 3 rings (SSSR count). The summed E-state index contributed by atoms with van der Waals surface area (Å²) in [4.78, 5) is 4.70. The Morgan fingerprint density at radius 1 is 1.16 bits per heavy atom. The van der Waals surface area contributed by atoms with Crippen molar-refractivity contribution in [1.82, 2.24) is 9.55 Å². The molecule has 0 spiro atoms. The van der Waals surface area contributed by atoms with E-state index in [1.165, 1.54) is 22.2 Å². The predicted molar refractivity (Wildman–Crippen MR) is 105 cm³/mol. The van der Waals surface area contributed by atoms with Gasteiger partial charge in [0.05, 0.1) is 24.6 Å². The number of hydrogen-bond acceptors (Lipinski definition) is 3. The standard InChI is InChI=1S/C21H27N3O/c1-14(2)11-22-20-16(4)15(3)10-19-21(20)23-13-24(19)12-17-6-8-18(25-5)9-7-17/h6-10,13-14,22H,11-12H2,1-5H3. The summed E-state index contributed by atoms with van der Waals surface area (Å²) in [6.07, 6.45) is 1.94. The number of aromatic nitrogens is 2. The number of rotatable bonds is 6. The fourth-order valence-corrected chi connectivity index (χ4v) is 3.00. The first kappa shape index (κ1) is 17.3. The van der Waals surface area contributed by atoms with Gasteiger partial charge in [0.2, 0.25) is 0 Å². The second-order valence-electron chi connectivity index (χ2n) is 7.06. The Labute approximate surface area is 149 Å². The highest BCUT2D eigenvalue weighted by molar-refractivity contribution is 5.91. The maximum atomic E-state index is 5.24. The van der Waals surface area contributed by atoms with Crippen LogP contribution in [0.2, 0.25) is 0 Å². The molecule has 1 aromatic heterocycles. The van der Waals surface area contributed by atoms with Gasteiger partial charge in [-0.2, -0.15) is 0 Å². The third-order valence-electron chi connectivity index (χ3n) is 4.63. The lowest BCUT2D eigenvalue weighted by Gasteiger charge is -2.15. The minimum absolute atomic E-state index is 0.594. The van der Waals surface area contributed by atoms with Crippen LogP contribution in [-0.4, -0.2) is 23.2 Å². The van der Waals surface area contributed by atoms with E-state index in [4.69, 9.17) is 9.72 Å². The summed E-state index contributed by atoms with van der Waals surface area (Å²) in [5.41, 5.74) is 7.19. The summed E-state index contributed by atoms with van der Waals surface area (Å²) in [5.74, 6) is 1.47. The van der Waals surface area contributed by atoms with Crippen LogP contribution >= 0.6 is 0 Å². The first-order chi connectivity index (χ1) is 12.0. The van der Waals surface area contributed by atoms with E-state index in [1.807, 2.05) is 18.5 Å². The second kappa shape index (κ2) is 7.18. The molecular weight excluding hydrogens is 310 g/mol. The van der Waals surface area contributed by atoms with Crippen molar-refractivity contribution in [2.24, 2.45) is 5.92 Å². The van der Waals surface area contributed by atoms with Crippen LogP contribution in [0.4, 0.5) is 5.69 Å². The van der Waals surface area contributed by atoms with Gasteiger partial charge in [-0.1, -0.05) is 26.0 Å². The van der Waals surface area contributed by atoms with Gasteiger partial charge in [0.1, 0.15) is 11.3 Å². The summed E-state index contributed by atoms with van der Waals surface area (Å²) in [5, 5.41) is 3.60. The molecule has 132 valence electrons. The van der Waals surface area contributed by atoms with Crippen molar-refractivity contribution in [3.8, 4) is 5.75 Å². The van der Waals surface area contributed by atoms with Crippen LogP contribution in [-0.2, 0) is 6.54 Å². The zero-order chi connectivity index (χ0) is 18.0. The number of methoxy groups -OCH3 is 1. The lowest BCUT2D eigenvalue weighted by atomic mass is 10.1. The van der Waals surface area contributed by atoms with Crippen LogP contribution in [0.3, 0.4) is 0 Å². The van der Waals surface area contributed by atoms with Crippen molar-refractivity contribution in [3.63, 3.8) is 0 Å². The van der Waals surface area contributed by atoms with Crippen molar-refractivity contribution in [3.05, 3.63) is 53.3 Å². The second-order valence-corrected chi connectivity index (χ2v) is 7.06. The molecular formula is C21H27N3O. The van der Waals surface area contributed by atoms with E-state index in [9.17, 15) is 0 Å². The van der Waals surface area contributed by atoms with Gasteiger partial charge in [-0.05, 0) is 54.7 Å². The van der Waals surface area contributed by atoms with Crippen LogP contribution < -0.4 is 10.1 Å². The number of nitrogens with zero attached hydrogens (tertiary/aromatic N) is 2. The largest absolute Gasteiger partial charge is 0.497 e. The van der Waals surface area contributed by atoms with E-state index in [0.717, 1.165) is 30.0 Å². The fourth-order valence-electron chi connectivity index (χ4n) is 3.00. The molecule has 0 saturated heterocycles. The Balaban J connectivity index is 1.97. The number of hydrogen-bond donors (Lipinski definition) is 1. The molecule has 0 aliphatic rings. The lowest BCUT2D eigenvalue weighted by molar-refractivity contribution is 0.414. The van der Waals surface area contributed by atoms with Crippen molar-refractivity contribution in [2.45, 2.75) is 34.2 Å². The van der Waals surface area contributed by atoms with Crippen LogP contribution in [0.1, 0.15) is 30.5 Å². The molecule has 25 heavy (non-hydrogen) atoms. The highest BCUT2D eigenvalue weighted by atomic mass is 16.5. The third-order valence-corrected chi connectivity index (χ3v) is 4.63. The molecule has 1 heterocycles. The molecule has 0 radical (unpaired) electrons. The van der Waals surface area contributed by atoms with Gasteiger partial charge in [-0.3, -0.25) is 0 Å². The summed E-state index contributed by atoms with van der Waals surface area (Å²) >= 11 is 0. The van der Waals surface area contributed by atoms with E-state index in [-0.39, 0.29) is 0 Å². The van der Waals surface area contributed by atoms with Gasteiger partial charge in [0.25, 0.3) is 0 Å². The number of fused-ring (bicyclic) bond motifs is 1. The first-order valence-corrected chi connectivity index (χ1v) is 8.81. The van der Waals surface area contributed by atoms with Gasteiger partial charge in [-0.25, -0.2) is 4.98 Å². The Hall–Kier alpha value is -2.49. The molecule has 0 bridgehead atoms. The molecule has 3 aromatic rings. The molecule has 0 aliphatic heterocycles. The number of aryl methyl sites for hydroxylation is 1. The van der Waals surface area contributed by atoms with E-state index in [0.29, 0.717) is 5.92 Å². The van der Waals surface area contributed by atoms with Gasteiger partial charge in [-0.15, -0.1) is 0 Å². The molecule has 0 unspecified atom stereocenters. The monoisotopic (exact) mass is 337 g/mol. The molecule has 0 amide bonds. The summed E-state index contributed by atoms with van der Waals surface area (Å²) in [7, 11) is 1.69. The first-order valence-electron chi connectivity index (χ1n) is 8.81. The number of ether oxygens (including phenoxy) is 1. The van der Waals surface area contributed by atoms with Gasteiger partial charge in [0.15, 0.2) is 0 Å². The smallest absolute Gasteiger partial charge is 0.118 e. The minimum Gasteiger partial charge on any atom is -0.497 e. The molecule has 4 nitrogen and oxygen atoms in total. The average Bonchev–Trinajstić information content (AvgIpc) is 2.98. The zero-order valence-corrected chi connectivity index (χ0v) is 15.8. The molecule has 0 fully saturated rings. The Kier molecular flexibility index (Phi) is 4.98. The van der Waals surface area contributed by atoms with E-state index in [1.54, 1.807) is 7.11 Å². The van der Waals surface area contributed by atoms with E-state index in [2.05, 4.69) is 55.8 Å². The Morgan fingerprint density at radius 3 is 2.52 bits per heavy atom. The number of benzene rings is 2. The molecule has 4 heteroatoms. The van der Waals surface area contributed by atoms with E-state index >= 15 is 0 Å². The quantitative estimate of drug-likeness (QED) is 0.704. The zero-order valence-electron chi connectivity index (χ0n) is 15.8. The van der Waals surface area contributed by atoms with Gasteiger partial charge >= 0.3 is 0 Å². The van der Waals surface area contributed by atoms with Crippen molar-refractivity contribution >= 4 is 16.7 Å². The molecule has 0 saturated carbocycles. The number of anilines is 1. The van der Waals surface area contributed by atoms with Crippen LogP contribution in [0.5, 0.6) is 5.75 Å². The Bertz CT molecular complexity index is 863. The lowest BCUT2D eigenvalue weighted by Crippen LogP contribution is -2.10. The van der Waals surface area contributed by atoms with Crippen LogP contribution in [0, 0.1) is 19.8 Å². The fraction of sp³-hybridized carbons (Fsp3) is 0.381. The normalized spacial score (nSPS) is 11.3. The third kappa shape index (κ3) is 3.63. The summed E-state index contributed by atoms with van der Waals surface area (Å²) in [6, 6.07) is 10.4. The number of imidazole rings is 1. The maximum Gasteiger partial charge on any atom is 0.118 e. The molecule has 0 aliphatic carbocycles. The average molecular weight is 337 g/mol. The summed E-state index contributed by atoms with van der Waals surface area (Å²) in [6.45, 7) is 10.5. The van der Waals surface area contributed by atoms with Crippen molar-refractivity contribution < 1.29 is 4.74 Å². The number of nitrogens with one attached hydrogen (secondary N) is 1. The van der Waals surface area contributed by atoms with Crippen molar-refractivity contribution in [2.75, 3.05) is 19.0 Å². The SMILES string of the molecule is COc1ccc(Cn2cnc3c(NCC(C)C)c(C)c(C)cc32)cc1. The highest BCUT2D eigenvalue weighted by Gasteiger charge is 2.13. The topological polar surface area (TPSA) is 39.1 Å². The molecule has 2 aromatic carbocycles. The molecule has 0 atom stereocenters. The van der Waals surface area contributed by atoms with Crippen molar-refractivity contribution in [1.29, 1.82) is 0 Å². The highest BCUT2D eigenvalue weighted by Crippen LogP contribution is 2.30. The maximum absolute atomic E-state index is 5.24. The van der Waals surface area contributed by atoms with Gasteiger partial charge < -0.3 is 14.6 Å². The van der Waals surface area contributed by atoms with Crippen LogP contribution in [0.25, 0.3) is 11.0 Å². The Morgan fingerprint density at radius 2 is 1.88 bits per heavy atom. The van der Waals surface area contributed by atoms with Gasteiger partial charge in [0, 0.05) is 13.1 Å². The predicted octanol–water partition coefficient (Wildman–Crippen LogP) is 4.78. The molecule has 1 N–H and O–H groups in total. The minimum atomic E-state index is 0.594. The van der Waals surface area contributed by atoms with E-state index < -0.39 is 0 Å².